The monoisotopic (exact) mass is 209 g/mol. The molecule has 1 aliphatic carbocycles. The van der Waals surface area contributed by atoms with E-state index in [0.29, 0.717) is 0 Å². The van der Waals surface area contributed by atoms with Gasteiger partial charge in [-0.15, -0.1) is 0 Å². The molecule has 0 saturated heterocycles. The lowest BCUT2D eigenvalue weighted by atomic mass is 10.1. The zero-order chi connectivity index (χ0) is 9.80. The third kappa shape index (κ3) is 3.00. The Morgan fingerprint density at radius 1 is 1.29 bits per heavy atom. The summed E-state index contributed by atoms with van der Waals surface area (Å²) >= 11 is 6.06. The van der Waals surface area contributed by atoms with Crippen LogP contribution in [0.25, 0.3) is 0 Å². The van der Waals surface area contributed by atoms with Gasteiger partial charge in [0.2, 0.25) is 0 Å². The summed E-state index contributed by atoms with van der Waals surface area (Å²) in [7, 11) is 0. The second kappa shape index (κ2) is 4.81. The lowest BCUT2D eigenvalue weighted by molar-refractivity contribution is 0.645. The van der Waals surface area contributed by atoms with E-state index in [1.54, 1.807) is 0 Å². The molecule has 0 unspecified atom stereocenters. The molecule has 0 spiro atoms. The molecule has 1 saturated carbocycles. The van der Waals surface area contributed by atoms with Gasteiger partial charge in [0.05, 0.1) is 0 Å². The summed E-state index contributed by atoms with van der Waals surface area (Å²) in [6.07, 6.45) is 5.00. The number of nitrogens with one attached hydrogen (secondary N) is 1. The van der Waals surface area contributed by atoms with Gasteiger partial charge < -0.3 is 5.32 Å². The number of rotatable bonds is 5. The van der Waals surface area contributed by atoms with Crippen LogP contribution in [0.1, 0.15) is 24.8 Å². The Bertz CT molecular complexity index is 294. The van der Waals surface area contributed by atoms with Crippen LogP contribution < -0.4 is 5.32 Å². The van der Waals surface area contributed by atoms with E-state index in [0.717, 1.165) is 24.0 Å². The standard InChI is InChI=1S/C12H16ClN/c13-12-6-2-1-4-10(12)5-3-9-14-11-7-8-11/h1-2,4,6,11,14H,3,5,7-9H2. The average molecular weight is 210 g/mol. The van der Waals surface area contributed by atoms with E-state index in [2.05, 4.69) is 17.4 Å². The van der Waals surface area contributed by atoms with Gasteiger partial charge in [0.25, 0.3) is 0 Å². The Kier molecular flexibility index (Phi) is 3.44. The van der Waals surface area contributed by atoms with Gasteiger partial charge in [0.15, 0.2) is 0 Å². The topological polar surface area (TPSA) is 12.0 Å². The highest BCUT2D eigenvalue weighted by atomic mass is 35.5. The van der Waals surface area contributed by atoms with Gasteiger partial charge in [-0.3, -0.25) is 0 Å². The highest BCUT2D eigenvalue weighted by Gasteiger charge is 2.19. The molecule has 1 N–H and O–H groups in total. The van der Waals surface area contributed by atoms with Crippen molar-refractivity contribution in [1.29, 1.82) is 0 Å². The molecule has 1 aromatic carbocycles. The predicted molar refractivity (Wildman–Crippen MR) is 60.8 cm³/mol. The van der Waals surface area contributed by atoms with E-state index in [9.17, 15) is 0 Å². The molecule has 0 radical (unpaired) electrons. The van der Waals surface area contributed by atoms with Crippen LogP contribution in [0.2, 0.25) is 5.02 Å². The van der Waals surface area contributed by atoms with Crippen molar-refractivity contribution < 1.29 is 0 Å². The number of halogens is 1. The van der Waals surface area contributed by atoms with Gasteiger partial charge in [-0.05, 0) is 43.9 Å². The first kappa shape index (κ1) is 10.0. The summed E-state index contributed by atoms with van der Waals surface area (Å²) in [5.41, 5.74) is 1.27. The molecule has 2 rings (SSSR count). The third-order valence-electron chi connectivity index (χ3n) is 2.59. The predicted octanol–water partition coefficient (Wildman–Crippen LogP) is 3.02. The van der Waals surface area contributed by atoms with Gasteiger partial charge in [-0.2, -0.15) is 0 Å². The molecular formula is C12H16ClN. The van der Waals surface area contributed by atoms with Crippen LogP contribution in [0.5, 0.6) is 0 Å². The molecular weight excluding hydrogens is 194 g/mol. The Labute approximate surface area is 90.5 Å². The van der Waals surface area contributed by atoms with E-state index in [4.69, 9.17) is 11.6 Å². The van der Waals surface area contributed by atoms with E-state index in [-0.39, 0.29) is 0 Å². The maximum absolute atomic E-state index is 6.06. The summed E-state index contributed by atoms with van der Waals surface area (Å²) in [6.45, 7) is 1.12. The normalized spacial score (nSPS) is 15.8. The first-order valence-corrected chi connectivity index (χ1v) is 5.71. The van der Waals surface area contributed by atoms with E-state index >= 15 is 0 Å². The average Bonchev–Trinajstić information content (AvgIpc) is 2.99. The second-order valence-electron chi connectivity index (χ2n) is 3.92. The van der Waals surface area contributed by atoms with Crippen LogP contribution in [0.4, 0.5) is 0 Å². The maximum atomic E-state index is 6.06. The Morgan fingerprint density at radius 3 is 2.79 bits per heavy atom. The van der Waals surface area contributed by atoms with Crippen LogP contribution in [0.3, 0.4) is 0 Å². The van der Waals surface area contributed by atoms with Crippen molar-refractivity contribution in [2.45, 2.75) is 31.7 Å². The van der Waals surface area contributed by atoms with Gasteiger partial charge in [0.1, 0.15) is 0 Å². The van der Waals surface area contributed by atoms with Crippen LogP contribution >= 0.6 is 11.6 Å². The lowest BCUT2D eigenvalue weighted by Gasteiger charge is -2.04. The molecule has 0 heterocycles. The van der Waals surface area contributed by atoms with Crippen molar-refractivity contribution in [3.8, 4) is 0 Å². The first-order chi connectivity index (χ1) is 6.86. The Balaban J connectivity index is 1.71. The first-order valence-electron chi connectivity index (χ1n) is 5.33. The molecule has 2 heteroatoms. The van der Waals surface area contributed by atoms with Crippen LogP contribution in [-0.4, -0.2) is 12.6 Å². The molecule has 0 amide bonds. The largest absolute Gasteiger partial charge is 0.314 e. The number of benzene rings is 1. The molecule has 0 aliphatic heterocycles. The third-order valence-corrected chi connectivity index (χ3v) is 2.96. The van der Waals surface area contributed by atoms with Crippen molar-refractivity contribution in [1.82, 2.24) is 5.32 Å². The van der Waals surface area contributed by atoms with E-state index < -0.39 is 0 Å². The van der Waals surface area contributed by atoms with Crippen LogP contribution in [-0.2, 0) is 6.42 Å². The molecule has 1 aliphatic rings. The molecule has 0 atom stereocenters. The molecule has 14 heavy (non-hydrogen) atoms. The zero-order valence-corrected chi connectivity index (χ0v) is 9.06. The molecule has 1 nitrogen and oxygen atoms in total. The van der Waals surface area contributed by atoms with Crippen molar-refractivity contribution >= 4 is 11.6 Å². The van der Waals surface area contributed by atoms with Crippen molar-refractivity contribution in [3.63, 3.8) is 0 Å². The van der Waals surface area contributed by atoms with Crippen molar-refractivity contribution in [3.05, 3.63) is 34.9 Å². The van der Waals surface area contributed by atoms with Gasteiger partial charge in [0, 0.05) is 11.1 Å². The summed E-state index contributed by atoms with van der Waals surface area (Å²) < 4.78 is 0. The summed E-state index contributed by atoms with van der Waals surface area (Å²) in [6, 6.07) is 8.93. The molecule has 76 valence electrons. The minimum atomic E-state index is 0.821. The number of hydrogen-bond donors (Lipinski definition) is 1. The Morgan fingerprint density at radius 2 is 2.07 bits per heavy atom. The van der Waals surface area contributed by atoms with Gasteiger partial charge >= 0.3 is 0 Å². The number of hydrogen-bond acceptors (Lipinski definition) is 1. The minimum Gasteiger partial charge on any atom is -0.314 e. The Hall–Kier alpha value is -0.530. The van der Waals surface area contributed by atoms with Crippen LogP contribution in [0, 0.1) is 0 Å². The lowest BCUT2D eigenvalue weighted by Crippen LogP contribution is -2.17. The highest BCUT2D eigenvalue weighted by Crippen LogP contribution is 2.19. The second-order valence-corrected chi connectivity index (χ2v) is 4.33. The van der Waals surface area contributed by atoms with Crippen molar-refractivity contribution in [2.24, 2.45) is 0 Å². The van der Waals surface area contributed by atoms with E-state index in [1.165, 1.54) is 24.8 Å². The fourth-order valence-corrected chi connectivity index (χ4v) is 1.80. The molecule has 1 aromatic rings. The maximum Gasteiger partial charge on any atom is 0.0437 e. The van der Waals surface area contributed by atoms with Gasteiger partial charge in [-0.1, -0.05) is 29.8 Å². The number of aryl methyl sites for hydroxylation is 1. The fourth-order valence-electron chi connectivity index (χ4n) is 1.57. The zero-order valence-electron chi connectivity index (χ0n) is 8.30. The van der Waals surface area contributed by atoms with Gasteiger partial charge in [-0.25, -0.2) is 0 Å². The molecule has 0 bridgehead atoms. The molecule has 0 aromatic heterocycles. The fraction of sp³-hybridized carbons (Fsp3) is 0.500. The quantitative estimate of drug-likeness (QED) is 0.736. The van der Waals surface area contributed by atoms with Crippen LogP contribution in [0.15, 0.2) is 24.3 Å². The molecule has 1 fully saturated rings. The van der Waals surface area contributed by atoms with Crippen molar-refractivity contribution in [2.75, 3.05) is 6.54 Å². The highest BCUT2D eigenvalue weighted by molar-refractivity contribution is 6.31. The smallest absolute Gasteiger partial charge is 0.0437 e. The minimum absolute atomic E-state index is 0.821. The summed E-state index contributed by atoms with van der Waals surface area (Å²) in [5, 5.41) is 4.40. The summed E-state index contributed by atoms with van der Waals surface area (Å²) in [5.74, 6) is 0. The van der Waals surface area contributed by atoms with E-state index in [1.807, 2.05) is 12.1 Å². The SMILES string of the molecule is Clc1ccccc1CCCNC1CC1. The summed E-state index contributed by atoms with van der Waals surface area (Å²) in [4.78, 5) is 0.